The molecule has 5 nitrogen and oxygen atoms in total. The molecule has 1 aliphatic carbocycles. The molecule has 0 fully saturated rings. The summed E-state index contributed by atoms with van der Waals surface area (Å²) in [4.78, 5) is 24.9. The second-order valence-corrected chi connectivity index (χ2v) is 6.94. The van der Waals surface area contributed by atoms with Gasteiger partial charge in [0.15, 0.2) is 0 Å². The third kappa shape index (κ3) is 2.91. The summed E-state index contributed by atoms with van der Waals surface area (Å²) >= 11 is 0. The zero-order valence-corrected chi connectivity index (χ0v) is 14.9. The Morgan fingerprint density at radius 2 is 1.61 bits per heavy atom. The van der Waals surface area contributed by atoms with Crippen LogP contribution in [0.25, 0.3) is 0 Å². The van der Waals surface area contributed by atoms with Crippen molar-refractivity contribution >= 4 is 11.8 Å². The molecule has 4 rings (SSSR count). The average molecular weight is 374 g/mol. The van der Waals surface area contributed by atoms with Crippen molar-refractivity contribution in [2.24, 2.45) is 0 Å². The van der Waals surface area contributed by atoms with E-state index in [4.69, 9.17) is 0 Å². The van der Waals surface area contributed by atoms with Crippen molar-refractivity contribution < 1.29 is 24.9 Å². The van der Waals surface area contributed by atoms with E-state index in [1.165, 1.54) is 6.07 Å². The number of hydrogen-bond acceptors (Lipinski definition) is 4. The summed E-state index contributed by atoms with van der Waals surface area (Å²) < 4.78 is 0. The van der Waals surface area contributed by atoms with E-state index >= 15 is 0 Å². The summed E-state index contributed by atoms with van der Waals surface area (Å²) in [6, 6.07) is 17.3. The smallest absolute Gasteiger partial charge is 0.311 e. The molecule has 140 valence electrons. The van der Waals surface area contributed by atoms with Crippen molar-refractivity contribution in [1.82, 2.24) is 0 Å². The summed E-state index contributed by atoms with van der Waals surface area (Å²) in [6.07, 6.45) is 0.577. The number of phenolic OH excluding ortho intramolecular Hbond substituents is 2. The highest BCUT2D eigenvalue weighted by molar-refractivity contribution is 6.15. The molecule has 1 unspecified atom stereocenters. The maximum atomic E-state index is 13.0. The Bertz CT molecular complexity index is 1090. The number of hydrogen-bond donors (Lipinski definition) is 3. The Kier molecular flexibility index (Phi) is 4.35. The number of carbonyl (C=O) groups excluding carboxylic acids is 1. The highest BCUT2D eigenvalue weighted by Crippen LogP contribution is 2.40. The summed E-state index contributed by atoms with van der Waals surface area (Å²) in [5, 5.41) is 30.7. The van der Waals surface area contributed by atoms with Gasteiger partial charge in [0.25, 0.3) is 0 Å². The Hall–Kier alpha value is -3.60. The molecule has 0 aromatic heterocycles. The van der Waals surface area contributed by atoms with Gasteiger partial charge in [-0.1, -0.05) is 54.6 Å². The minimum absolute atomic E-state index is 0.0748. The van der Waals surface area contributed by atoms with Crippen LogP contribution in [0.2, 0.25) is 0 Å². The van der Waals surface area contributed by atoms with E-state index in [9.17, 15) is 24.9 Å². The Morgan fingerprint density at radius 1 is 0.893 bits per heavy atom. The SMILES string of the molecule is O=C1c2c(O)cccc2Cc2ccc(C(Cc3ccccc3)C(=O)O)c(O)c21. The molecule has 0 radical (unpaired) electrons. The van der Waals surface area contributed by atoms with Crippen LogP contribution in [0.5, 0.6) is 11.5 Å². The van der Waals surface area contributed by atoms with Crippen LogP contribution in [0.15, 0.2) is 60.7 Å². The lowest BCUT2D eigenvalue weighted by atomic mass is 9.80. The van der Waals surface area contributed by atoms with Crippen LogP contribution in [0.3, 0.4) is 0 Å². The number of carboxylic acid groups (broad SMARTS) is 1. The van der Waals surface area contributed by atoms with E-state index in [1.54, 1.807) is 24.3 Å². The van der Waals surface area contributed by atoms with E-state index in [-0.39, 0.29) is 34.6 Å². The second-order valence-electron chi connectivity index (χ2n) is 6.94. The number of ketones is 1. The number of phenols is 2. The van der Waals surface area contributed by atoms with Crippen LogP contribution in [-0.4, -0.2) is 27.1 Å². The lowest BCUT2D eigenvalue weighted by Crippen LogP contribution is -2.19. The van der Waals surface area contributed by atoms with E-state index in [0.717, 1.165) is 5.56 Å². The molecule has 0 bridgehead atoms. The van der Waals surface area contributed by atoms with Gasteiger partial charge in [-0.15, -0.1) is 0 Å². The minimum Gasteiger partial charge on any atom is -0.507 e. The predicted octanol–water partition coefficient (Wildman–Crippen LogP) is 3.64. The largest absolute Gasteiger partial charge is 0.507 e. The zero-order valence-electron chi connectivity index (χ0n) is 14.9. The number of benzene rings is 3. The van der Waals surface area contributed by atoms with Crippen LogP contribution in [-0.2, 0) is 17.6 Å². The predicted molar refractivity (Wildman–Crippen MR) is 103 cm³/mol. The third-order valence-corrected chi connectivity index (χ3v) is 5.22. The molecule has 5 heteroatoms. The number of rotatable bonds is 4. The molecule has 0 saturated carbocycles. The number of aliphatic carboxylic acids is 1. The van der Waals surface area contributed by atoms with Gasteiger partial charge >= 0.3 is 5.97 Å². The highest BCUT2D eigenvalue weighted by Gasteiger charge is 2.32. The maximum Gasteiger partial charge on any atom is 0.311 e. The van der Waals surface area contributed by atoms with Gasteiger partial charge in [-0.2, -0.15) is 0 Å². The molecule has 0 heterocycles. The van der Waals surface area contributed by atoms with Gasteiger partial charge in [-0.05, 0) is 35.6 Å². The van der Waals surface area contributed by atoms with E-state index in [2.05, 4.69) is 0 Å². The summed E-state index contributed by atoms with van der Waals surface area (Å²) in [5.74, 6) is -3.02. The fourth-order valence-corrected chi connectivity index (χ4v) is 3.84. The molecule has 0 saturated heterocycles. The first kappa shape index (κ1) is 17.8. The Balaban J connectivity index is 1.80. The molecule has 3 aromatic rings. The maximum absolute atomic E-state index is 13.0. The minimum atomic E-state index is -1.08. The molecule has 0 amide bonds. The first-order chi connectivity index (χ1) is 13.5. The normalized spacial score (nSPS) is 13.5. The van der Waals surface area contributed by atoms with Crippen molar-refractivity contribution in [2.75, 3.05) is 0 Å². The molecule has 28 heavy (non-hydrogen) atoms. The highest BCUT2D eigenvalue weighted by atomic mass is 16.4. The van der Waals surface area contributed by atoms with Crippen molar-refractivity contribution in [1.29, 1.82) is 0 Å². The van der Waals surface area contributed by atoms with Crippen molar-refractivity contribution in [3.05, 3.63) is 94.0 Å². The van der Waals surface area contributed by atoms with Gasteiger partial charge in [0.1, 0.15) is 11.5 Å². The zero-order chi connectivity index (χ0) is 19.8. The van der Waals surface area contributed by atoms with Gasteiger partial charge in [0.05, 0.1) is 17.0 Å². The molecule has 0 spiro atoms. The lowest BCUT2D eigenvalue weighted by molar-refractivity contribution is -0.138. The van der Waals surface area contributed by atoms with Crippen LogP contribution in [0.4, 0.5) is 0 Å². The fraction of sp³-hybridized carbons (Fsp3) is 0.130. The standard InChI is InChI=1S/C23H18O5/c24-18-8-4-7-14-12-15-9-10-16(21(25)20(15)22(26)19(14)18)17(23(27)28)11-13-5-2-1-3-6-13/h1-10,17,24-25H,11-12H2,(H,27,28). The number of fused-ring (bicyclic) bond motifs is 2. The Morgan fingerprint density at radius 3 is 2.32 bits per heavy atom. The van der Waals surface area contributed by atoms with Crippen molar-refractivity contribution in [3.63, 3.8) is 0 Å². The molecule has 1 atom stereocenters. The van der Waals surface area contributed by atoms with E-state index in [0.29, 0.717) is 17.5 Å². The molecular weight excluding hydrogens is 356 g/mol. The van der Waals surface area contributed by atoms with Crippen LogP contribution >= 0.6 is 0 Å². The number of aromatic hydroxyl groups is 2. The third-order valence-electron chi connectivity index (χ3n) is 5.22. The molecule has 3 N–H and O–H groups in total. The van der Waals surface area contributed by atoms with Gasteiger partial charge in [-0.3, -0.25) is 9.59 Å². The van der Waals surface area contributed by atoms with Crippen molar-refractivity contribution in [2.45, 2.75) is 18.8 Å². The van der Waals surface area contributed by atoms with E-state index < -0.39 is 17.7 Å². The van der Waals surface area contributed by atoms with Gasteiger partial charge in [-0.25, -0.2) is 0 Å². The summed E-state index contributed by atoms with van der Waals surface area (Å²) in [5.41, 5.74) is 2.56. The molecule has 3 aromatic carbocycles. The van der Waals surface area contributed by atoms with Crippen molar-refractivity contribution in [3.8, 4) is 11.5 Å². The topological polar surface area (TPSA) is 94.8 Å². The fourth-order valence-electron chi connectivity index (χ4n) is 3.84. The molecule has 0 aliphatic heterocycles. The first-order valence-corrected chi connectivity index (χ1v) is 8.94. The first-order valence-electron chi connectivity index (χ1n) is 8.94. The van der Waals surface area contributed by atoms with Crippen LogP contribution in [0.1, 0.15) is 44.1 Å². The monoisotopic (exact) mass is 374 g/mol. The summed E-state index contributed by atoms with van der Waals surface area (Å²) in [6.45, 7) is 0. The number of carboxylic acids is 1. The van der Waals surface area contributed by atoms with Gasteiger partial charge < -0.3 is 15.3 Å². The molecule has 1 aliphatic rings. The van der Waals surface area contributed by atoms with E-state index in [1.807, 2.05) is 30.3 Å². The Labute approximate surface area is 161 Å². The lowest BCUT2D eigenvalue weighted by Gasteiger charge is -2.23. The van der Waals surface area contributed by atoms with Crippen LogP contribution < -0.4 is 0 Å². The second kappa shape index (κ2) is 6.85. The van der Waals surface area contributed by atoms with Crippen LogP contribution in [0, 0.1) is 0 Å². The quantitative estimate of drug-likeness (QED) is 0.507. The van der Waals surface area contributed by atoms with Gasteiger partial charge in [0.2, 0.25) is 5.78 Å². The average Bonchev–Trinajstić information content (AvgIpc) is 2.67. The number of carbonyl (C=O) groups is 2. The van der Waals surface area contributed by atoms with Gasteiger partial charge in [0, 0.05) is 5.56 Å². The summed E-state index contributed by atoms with van der Waals surface area (Å²) in [7, 11) is 0. The molecular formula is C23H18O5.